The maximum absolute atomic E-state index is 12.2. The maximum atomic E-state index is 12.2. The van der Waals surface area contributed by atoms with E-state index in [2.05, 4.69) is 4.74 Å². The van der Waals surface area contributed by atoms with E-state index in [1.807, 2.05) is 5.32 Å². The fraction of sp³-hybridized carbons (Fsp3) is 0.333. The molecule has 0 aliphatic heterocycles. The Hall–Kier alpha value is -0.240. The van der Waals surface area contributed by atoms with Crippen LogP contribution in [-0.2, 0) is 9.30 Å². The molecule has 1 atom stereocenters. The van der Waals surface area contributed by atoms with Gasteiger partial charge in [-0.25, -0.2) is 4.79 Å². The summed E-state index contributed by atoms with van der Waals surface area (Å²) < 4.78 is 14.1. The van der Waals surface area contributed by atoms with Crippen LogP contribution in [0.1, 0.15) is 16.8 Å². The first-order valence-electron chi connectivity index (χ1n) is 6.33. The second-order valence-electron chi connectivity index (χ2n) is 4.70. The number of ether oxygens (including phenoxy) is 1. The molecule has 0 saturated carbocycles. The Labute approximate surface area is 167 Å². The summed E-state index contributed by atoms with van der Waals surface area (Å²) in [6, 6.07) is 3.92. The minimum absolute atomic E-state index is 0.0595. The second kappa shape index (κ2) is 9.11. The van der Waals surface area contributed by atoms with Gasteiger partial charge in [-0.3, -0.25) is 9.36 Å². The van der Waals surface area contributed by atoms with E-state index in [9.17, 15) is 23.9 Å². The monoisotopic (exact) mass is 471 g/mol. The van der Waals surface area contributed by atoms with Gasteiger partial charge in [0.2, 0.25) is 3.79 Å². The molecule has 1 aromatic rings. The van der Waals surface area contributed by atoms with Crippen LogP contribution >= 0.6 is 65.6 Å². The van der Waals surface area contributed by atoms with Crippen LogP contribution in [0.15, 0.2) is 18.2 Å². The molecule has 0 fully saturated rings. The third-order valence-electron chi connectivity index (χ3n) is 2.68. The van der Waals surface area contributed by atoms with Gasteiger partial charge < -0.3 is 19.8 Å². The zero-order valence-corrected chi connectivity index (χ0v) is 16.8. The van der Waals surface area contributed by atoms with Crippen LogP contribution in [-0.4, -0.2) is 37.8 Å². The molecule has 0 aliphatic carbocycles. The Bertz CT molecular complexity index is 704. The molecule has 0 aromatic heterocycles. The van der Waals surface area contributed by atoms with E-state index >= 15 is 0 Å². The van der Waals surface area contributed by atoms with Gasteiger partial charge in [0.1, 0.15) is 12.4 Å². The van der Waals surface area contributed by atoms with Gasteiger partial charge in [0.25, 0.3) is 0 Å². The first kappa shape index (κ1) is 22.8. The second-order valence-corrected chi connectivity index (χ2v) is 9.83. The highest BCUT2D eigenvalue weighted by Crippen LogP contribution is 2.42. The van der Waals surface area contributed by atoms with Crippen molar-refractivity contribution in [2.45, 2.75) is 16.0 Å². The number of alkyl halides is 3. The highest BCUT2D eigenvalue weighted by Gasteiger charge is 2.34. The summed E-state index contributed by atoms with van der Waals surface area (Å²) in [6.07, 6.45) is -1.98. The van der Waals surface area contributed by atoms with Crippen molar-refractivity contribution in [1.29, 1.82) is 0 Å². The van der Waals surface area contributed by atoms with Gasteiger partial charge in [0, 0.05) is 12.0 Å². The molecule has 0 aliphatic rings. The summed E-state index contributed by atoms with van der Waals surface area (Å²) in [5, 5.41) is 2.18. The normalized spacial score (nSPS) is 13.2. The van der Waals surface area contributed by atoms with Gasteiger partial charge in [0.15, 0.2) is 5.78 Å². The number of amides is 1. The lowest BCUT2D eigenvalue weighted by Crippen LogP contribution is -2.38. The summed E-state index contributed by atoms with van der Waals surface area (Å²) in [5.41, 5.74) is 0.0595. The minimum Gasteiger partial charge on any atom is -0.445 e. The summed E-state index contributed by atoms with van der Waals surface area (Å²) in [5.74, 6) is -2.52. The van der Waals surface area contributed by atoms with Crippen molar-refractivity contribution in [3.05, 3.63) is 33.8 Å². The Morgan fingerprint density at radius 3 is 2.28 bits per heavy atom. The van der Waals surface area contributed by atoms with Gasteiger partial charge in [-0.1, -0.05) is 58.0 Å². The molecule has 13 heteroatoms. The van der Waals surface area contributed by atoms with Gasteiger partial charge in [-0.2, -0.15) is 0 Å². The van der Waals surface area contributed by atoms with Crippen LogP contribution in [0.25, 0.3) is 0 Å². The zero-order chi connectivity index (χ0) is 19.4. The molecule has 1 rings (SSSR count). The molecule has 0 bridgehead atoms. The summed E-state index contributed by atoms with van der Waals surface area (Å²) in [4.78, 5) is 42.3. The molecule has 0 heterocycles. The van der Waals surface area contributed by atoms with Gasteiger partial charge >= 0.3 is 13.7 Å². The Balaban J connectivity index is 2.83. The molecule has 0 radical (unpaired) electrons. The maximum Gasteiger partial charge on any atom is 0.408 e. The first-order chi connectivity index (χ1) is 11.3. The number of alkyl carbamates (subject to hydrolysis) is 1. The van der Waals surface area contributed by atoms with Crippen molar-refractivity contribution in [2.24, 2.45) is 0 Å². The topological polar surface area (TPSA) is 113 Å². The smallest absolute Gasteiger partial charge is 0.408 e. The number of hydrogen-bond acceptors (Lipinski definition) is 4. The number of rotatable bonds is 6. The lowest BCUT2D eigenvalue weighted by molar-refractivity contribution is 0.0970. The van der Waals surface area contributed by atoms with Crippen molar-refractivity contribution in [1.82, 2.24) is 5.32 Å². The molecule has 3 N–H and O–H groups in total. The lowest BCUT2D eigenvalue weighted by atomic mass is 10.1. The summed E-state index contributed by atoms with van der Waals surface area (Å²) >= 11 is 27.7. The highest BCUT2D eigenvalue weighted by molar-refractivity contribution is 7.52. The van der Waals surface area contributed by atoms with Crippen molar-refractivity contribution in [2.75, 3.05) is 6.61 Å². The average molecular weight is 473 g/mol. The zero-order valence-electron chi connectivity index (χ0n) is 12.1. The minimum atomic E-state index is -4.88. The van der Waals surface area contributed by atoms with E-state index in [1.165, 1.54) is 18.2 Å². The molecule has 7 nitrogen and oxygen atoms in total. The van der Waals surface area contributed by atoms with Crippen LogP contribution in [0.2, 0.25) is 10.0 Å². The van der Waals surface area contributed by atoms with Crippen LogP contribution in [0.5, 0.6) is 0 Å². The van der Waals surface area contributed by atoms with Crippen LogP contribution in [0.3, 0.4) is 0 Å². The number of nitrogens with one attached hydrogen (secondary N) is 1. The predicted molar refractivity (Wildman–Crippen MR) is 96.0 cm³/mol. The van der Waals surface area contributed by atoms with Gasteiger partial charge in [0.05, 0.1) is 10.0 Å². The Morgan fingerprint density at radius 2 is 1.80 bits per heavy atom. The number of halogens is 5. The standard InChI is InChI=1S/C12H11Cl5NO6P/c13-7-2-1-6(3-8(7)14)9(19)4-10(25(21,22)23)18-11(20)24-5-12(15,16)17/h1-3,10H,4-5H2,(H,18,20)(H2,21,22,23). The predicted octanol–water partition coefficient (Wildman–Crippen LogP) is 4.17. The van der Waals surface area contributed by atoms with Crippen molar-refractivity contribution >= 4 is 77.5 Å². The number of ketones is 1. The highest BCUT2D eigenvalue weighted by atomic mass is 35.6. The van der Waals surface area contributed by atoms with Gasteiger partial charge in [-0.15, -0.1) is 0 Å². The van der Waals surface area contributed by atoms with Crippen LogP contribution < -0.4 is 5.32 Å². The van der Waals surface area contributed by atoms with Crippen LogP contribution in [0, 0.1) is 0 Å². The summed E-state index contributed by atoms with van der Waals surface area (Å²) in [6.45, 7) is -0.655. The molecule has 1 amide bonds. The quantitative estimate of drug-likeness (QED) is 0.325. The molecule has 1 aromatic carbocycles. The first-order valence-corrected chi connectivity index (χ1v) is 9.90. The van der Waals surface area contributed by atoms with E-state index < -0.39 is 42.1 Å². The van der Waals surface area contributed by atoms with E-state index in [4.69, 9.17) is 58.0 Å². The Kier molecular flexibility index (Phi) is 8.31. The van der Waals surface area contributed by atoms with Gasteiger partial charge in [-0.05, 0) is 18.2 Å². The average Bonchev–Trinajstić information content (AvgIpc) is 2.45. The molecular formula is C12H11Cl5NO6P. The van der Waals surface area contributed by atoms with Crippen molar-refractivity contribution in [3.63, 3.8) is 0 Å². The number of benzene rings is 1. The third-order valence-corrected chi connectivity index (χ3v) is 4.87. The molecule has 0 saturated heterocycles. The Morgan fingerprint density at radius 1 is 1.20 bits per heavy atom. The molecule has 25 heavy (non-hydrogen) atoms. The number of Topliss-reactive ketones (excluding diaryl/α,β-unsaturated/α-hetero) is 1. The van der Waals surface area contributed by atoms with E-state index in [0.717, 1.165) is 0 Å². The largest absolute Gasteiger partial charge is 0.445 e. The van der Waals surface area contributed by atoms with E-state index in [0.29, 0.717) is 0 Å². The van der Waals surface area contributed by atoms with E-state index in [1.54, 1.807) is 0 Å². The molecule has 1 unspecified atom stereocenters. The number of hydrogen-bond donors (Lipinski definition) is 3. The van der Waals surface area contributed by atoms with Crippen molar-refractivity contribution < 1.29 is 28.7 Å². The fourth-order valence-electron chi connectivity index (χ4n) is 1.54. The van der Waals surface area contributed by atoms with E-state index in [-0.39, 0.29) is 15.6 Å². The molecular weight excluding hydrogens is 462 g/mol. The number of carbonyl (C=O) groups is 2. The third kappa shape index (κ3) is 8.33. The molecule has 140 valence electrons. The van der Waals surface area contributed by atoms with Crippen LogP contribution in [0.4, 0.5) is 4.79 Å². The summed E-state index contributed by atoms with van der Waals surface area (Å²) in [7, 11) is -4.88. The lowest BCUT2D eigenvalue weighted by Gasteiger charge is -2.20. The van der Waals surface area contributed by atoms with Crippen molar-refractivity contribution in [3.8, 4) is 0 Å². The fourth-order valence-corrected chi connectivity index (χ4v) is 2.68. The molecule has 0 spiro atoms. The SMILES string of the molecule is O=C(NC(CC(=O)c1ccc(Cl)c(Cl)c1)P(=O)(O)O)OCC(Cl)(Cl)Cl. The number of carbonyl (C=O) groups excluding carboxylic acids is 2.